The van der Waals surface area contributed by atoms with Crippen LogP contribution in [0.5, 0.6) is 5.75 Å². The van der Waals surface area contributed by atoms with Gasteiger partial charge in [0.2, 0.25) is 70.9 Å². The van der Waals surface area contributed by atoms with Gasteiger partial charge in [-0.2, -0.15) is 0 Å². The van der Waals surface area contributed by atoms with Gasteiger partial charge in [-0.3, -0.25) is 57.5 Å². The molecule has 2 saturated heterocycles. The number of benzene rings is 2. The first-order valence-corrected chi connectivity index (χ1v) is 34.1. The lowest BCUT2D eigenvalue weighted by atomic mass is 9.95. The van der Waals surface area contributed by atoms with Gasteiger partial charge in [-0.15, -0.1) is 0 Å². The molecule has 0 aliphatic carbocycles. The van der Waals surface area contributed by atoms with E-state index in [-0.39, 0.29) is 43.3 Å². The van der Waals surface area contributed by atoms with Crippen molar-refractivity contribution in [1.82, 2.24) is 60.9 Å². The summed E-state index contributed by atoms with van der Waals surface area (Å²) in [4.78, 5) is 186. The molecule has 2 fully saturated rings. The molecule has 2 aliphatic rings. The van der Waals surface area contributed by atoms with E-state index in [1.807, 2.05) is 34.6 Å². The summed E-state index contributed by atoms with van der Waals surface area (Å²) in [6.45, 7) is 22.2. The molecule has 0 spiro atoms. The number of hydrogen-bond acceptors (Lipinski definition) is 14. The van der Waals surface area contributed by atoms with Crippen molar-refractivity contribution in [3.8, 4) is 5.75 Å². The maximum Gasteiger partial charge on any atom is 0.247 e. The van der Waals surface area contributed by atoms with Crippen LogP contribution in [0.25, 0.3) is 0 Å². The average Bonchev–Trinajstić information content (AvgIpc) is 0.832. The number of likely N-dealkylation sites (N-methyl/N-ethyl adjacent to an activating group) is 6. The second-order valence-electron chi connectivity index (χ2n) is 28.6. The Morgan fingerprint density at radius 1 is 0.567 bits per heavy atom. The number of hydrogen-bond donors (Lipinski definition) is 6. The lowest BCUT2D eigenvalue weighted by Gasteiger charge is -2.38. The van der Waals surface area contributed by atoms with Crippen LogP contribution in [-0.4, -0.2) is 245 Å². The number of aromatic hydroxyl groups is 1. The number of rotatable bonds is 14. The number of nitrogens with one attached hydrogen (secondary N) is 5. The maximum absolute atomic E-state index is 15.4. The zero-order valence-corrected chi connectivity index (χ0v) is 60.9. The Labute approximate surface area is 574 Å². The van der Waals surface area contributed by atoms with Gasteiger partial charge in [0.1, 0.15) is 66.2 Å². The average molecular weight is 1360 g/mol. The molecule has 2 aliphatic heterocycles. The van der Waals surface area contributed by atoms with E-state index >= 15 is 14.4 Å². The van der Waals surface area contributed by atoms with Gasteiger partial charge >= 0.3 is 0 Å². The molecule has 4 rings (SSSR count). The quantitative estimate of drug-likeness (QED) is 0.158. The highest BCUT2D eigenvalue weighted by Gasteiger charge is 2.43. The number of piperidine rings is 1. The van der Waals surface area contributed by atoms with Crippen molar-refractivity contribution in [3.63, 3.8) is 0 Å². The predicted octanol–water partition coefficient (Wildman–Crippen LogP) is 3.26. The van der Waals surface area contributed by atoms with Crippen LogP contribution in [0.3, 0.4) is 0 Å². The summed E-state index contributed by atoms with van der Waals surface area (Å²) in [6.07, 6.45) is 1.95. The Morgan fingerprint density at radius 2 is 1.10 bits per heavy atom. The highest BCUT2D eigenvalue weighted by atomic mass is 16.5. The van der Waals surface area contributed by atoms with E-state index in [1.165, 1.54) is 87.9 Å². The van der Waals surface area contributed by atoms with Crippen LogP contribution >= 0.6 is 0 Å². The third-order valence-corrected chi connectivity index (χ3v) is 18.2. The monoisotopic (exact) mass is 1360 g/mol. The molecule has 2 aromatic rings. The molecule has 12 amide bonds. The molecule has 2 aromatic carbocycles. The Kier molecular flexibility index (Phi) is 31.0. The molecule has 0 bridgehead atoms. The van der Waals surface area contributed by atoms with Crippen LogP contribution in [0, 0.1) is 23.7 Å². The topological polar surface area (TPSA) is 317 Å². The largest absolute Gasteiger partial charge is 0.508 e. The van der Waals surface area contributed by atoms with Crippen molar-refractivity contribution in [3.05, 3.63) is 65.7 Å². The zero-order chi connectivity index (χ0) is 73.1. The van der Waals surface area contributed by atoms with Crippen molar-refractivity contribution in [2.45, 2.75) is 214 Å². The van der Waals surface area contributed by atoms with Crippen LogP contribution in [0.2, 0.25) is 0 Å². The Hall–Kier alpha value is -8.16. The second-order valence-corrected chi connectivity index (χ2v) is 28.6. The Morgan fingerprint density at radius 3 is 1.65 bits per heavy atom. The van der Waals surface area contributed by atoms with E-state index in [1.54, 1.807) is 88.9 Å². The van der Waals surface area contributed by atoms with Gasteiger partial charge in [-0.05, 0) is 114 Å². The molecular formula is C71H112N12O14. The second kappa shape index (κ2) is 37.0. The van der Waals surface area contributed by atoms with E-state index < -0.39 is 168 Å². The van der Waals surface area contributed by atoms with Crippen LogP contribution in [-0.2, 0) is 75.1 Å². The van der Waals surface area contributed by atoms with Crippen LogP contribution in [0.15, 0.2) is 54.6 Å². The van der Waals surface area contributed by atoms with Crippen molar-refractivity contribution >= 4 is 70.9 Å². The Balaban J connectivity index is 1.93. The number of amides is 12. The van der Waals surface area contributed by atoms with E-state index in [9.17, 15) is 48.3 Å². The van der Waals surface area contributed by atoms with Gasteiger partial charge in [0.25, 0.3) is 0 Å². The van der Waals surface area contributed by atoms with Gasteiger partial charge in [-0.25, -0.2) is 0 Å². The van der Waals surface area contributed by atoms with Crippen molar-refractivity contribution in [1.29, 1.82) is 0 Å². The smallest absolute Gasteiger partial charge is 0.247 e. The molecule has 0 saturated carbocycles. The van der Waals surface area contributed by atoms with Gasteiger partial charge in [0, 0.05) is 68.2 Å². The highest BCUT2D eigenvalue weighted by molar-refractivity contribution is 6.00. The molecule has 6 N–H and O–H groups in total. The lowest BCUT2D eigenvalue weighted by molar-refractivity contribution is -0.152. The lowest BCUT2D eigenvalue weighted by Crippen LogP contribution is -2.62. The first-order valence-electron chi connectivity index (χ1n) is 34.1. The van der Waals surface area contributed by atoms with E-state index in [0.29, 0.717) is 43.5 Å². The molecule has 97 heavy (non-hydrogen) atoms. The summed E-state index contributed by atoms with van der Waals surface area (Å²) in [7, 11) is 8.34. The van der Waals surface area contributed by atoms with Crippen molar-refractivity contribution in [2.24, 2.45) is 23.7 Å². The summed E-state index contributed by atoms with van der Waals surface area (Å²) in [5.41, 5.74) is 0.294. The SMILES string of the molecule is CC[C@H](C)[C@@H]1NC(=O)[C@H](CC(C)C)N(C)C(=O)[C@@H](C)NC(=O)C[C@@H](C(=O)N2CCCCC2)NC(=O)[C@H](C(C)C)N(C)C(=O)[C@H](Cc2ccccc2)N(C)C(=O)[C@H](COC(C)(C)C)NC(=O)[C@H](CC(C)C)N(C)C(=O)CN(C)C(=O)[C@H](Cc2ccc(O)cc2)NC(=O)[C@H](C)N(C)C1=O. The first kappa shape index (κ1) is 81.3. The minimum atomic E-state index is -1.49. The number of nitrogens with zero attached hydrogens (tertiary/aromatic N) is 7. The molecule has 26 heteroatoms. The summed E-state index contributed by atoms with van der Waals surface area (Å²) >= 11 is 0. The minimum absolute atomic E-state index is 0.0568. The first-order chi connectivity index (χ1) is 45.3. The number of phenolic OH excluding ortho intramolecular Hbond substituents is 1. The number of ether oxygens (including phenoxy) is 1. The molecule has 0 unspecified atom stereocenters. The molecule has 0 aromatic heterocycles. The third kappa shape index (κ3) is 23.5. The van der Waals surface area contributed by atoms with Crippen molar-refractivity contribution < 1.29 is 67.4 Å². The Bertz CT molecular complexity index is 3040. The molecule has 2 heterocycles. The van der Waals surface area contributed by atoms with Gasteiger partial charge < -0.3 is 70.7 Å². The van der Waals surface area contributed by atoms with E-state index in [4.69, 9.17) is 4.74 Å². The minimum Gasteiger partial charge on any atom is -0.508 e. The molecular weight excluding hydrogens is 1240 g/mol. The fourth-order valence-corrected chi connectivity index (χ4v) is 12.0. The molecule has 0 radical (unpaired) electrons. The summed E-state index contributed by atoms with van der Waals surface area (Å²) in [6, 6.07) is 1.56. The summed E-state index contributed by atoms with van der Waals surface area (Å²) in [5.74, 6) is -10.2. The maximum atomic E-state index is 15.4. The third-order valence-electron chi connectivity index (χ3n) is 18.2. The number of phenols is 1. The zero-order valence-electron chi connectivity index (χ0n) is 60.9. The van der Waals surface area contributed by atoms with Gasteiger partial charge in [0.05, 0.1) is 25.2 Å². The fourth-order valence-electron chi connectivity index (χ4n) is 12.0. The van der Waals surface area contributed by atoms with Gasteiger partial charge in [0.15, 0.2) is 0 Å². The summed E-state index contributed by atoms with van der Waals surface area (Å²) < 4.78 is 6.19. The standard InChI is InChI=1S/C71H112N12O14/c1-20-45(8)59-70(96)78(15)47(10)61(87)73-51(37-49-29-31-50(84)32-30-49)66(92)77(14)40-58(86)79(16)54(35-42(2)3)62(88)75-53(41-97-71(11,12)13)67(93)81(18)56(38-48-27-23-21-24-28-48)69(95)82(19)60(44(6)7)64(90)74-52(68(94)83-33-25-22-26-34-83)39-57(85)72-46(9)65(91)80(17)55(36-43(4)5)63(89)76-59/h21,23-24,27-32,42-47,51-56,59-60,84H,20,22,25-26,33-41H2,1-19H3,(H,72,85)(H,73,87)(H,74,90)(H,75,88)(H,76,89)/t45-,46+,47-,51-,52-,53-,54-,55-,56-,59-,60-/m0/s1. The van der Waals surface area contributed by atoms with Crippen molar-refractivity contribution in [2.75, 3.05) is 68.5 Å². The number of carbonyl (C=O) groups is 12. The van der Waals surface area contributed by atoms with Crippen LogP contribution < -0.4 is 26.6 Å². The molecule has 26 nitrogen and oxygen atoms in total. The summed E-state index contributed by atoms with van der Waals surface area (Å²) in [5, 5.41) is 24.1. The van der Waals surface area contributed by atoms with Crippen LogP contribution in [0.4, 0.5) is 0 Å². The normalized spacial score (nSPS) is 25.5. The molecule has 11 atom stereocenters. The highest BCUT2D eigenvalue weighted by Crippen LogP contribution is 2.23. The predicted molar refractivity (Wildman–Crippen MR) is 367 cm³/mol. The van der Waals surface area contributed by atoms with E-state index in [0.717, 1.165) is 16.2 Å². The van der Waals surface area contributed by atoms with E-state index in [2.05, 4.69) is 26.6 Å². The number of carbonyl (C=O) groups excluding carboxylic acids is 12. The molecule has 540 valence electrons. The van der Waals surface area contributed by atoms with Gasteiger partial charge in [-0.1, -0.05) is 104 Å². The number of likely N-dealkylation sites (tertiary alicyclic amines) is 1. The fraction of sp³-hybridized carbons (Fsp3) is 0.662. The van der Waals surface area contributed by atoms with Crippen LogP contribution in [0.1, 0.15) is 146 Å².